The molecule has 0 radical (unpaired) electrons. The van der Waals surface area contributed by atoms with Gasteiger partial charge in [0.05, 0.1) is 30.5 Å². The third-order valence-corrected chi connectivity index (χ3v) is 7.62. The zero-order valence-corrected chi connectivity index (χ0v) is 26.1. The molecule has 41 heavy (non-hydrogen) atoms. The van der Waals surface area contributed by atoms with Crippen molar-refractivity contribution in [2.45, 2.75) is 192 Å². The molecule has 0 saturated heterocycles. The molecule has 0 spiro atoms. The van der Waals surface area contributed by atoms with E-state index in [0.29, 0.717) is 57.8 Å². The summed E-state index contributed by atoms with van der Waals surface area (Å²) in [4.78, 5) is 36.2. The fourth-order valence-corrected chi connectivity index (χ4v) is 5.18. The number of hydrogen-bond donors (Lipinski definition) is 5. The fourth-order valence-electron chi connectivity index (χ4n) is 5.18. The van der Waals surface area contributed by atoms with Gasteiger partial charge < -0.3 is 25.5 Å². The van der Waals surface area contributed by atoms with E-state index < -0.39 is 30.5 Å². The number of unbranched alkanes of at least 4 members (excludes halogenated alkanes) is 8. The highest BCUT2D eigenvalue weighted by Gasteiger charge is 2.14. The molecule has 0 aliphatic heterocycles. The minimum absolute atomic E-state index is 0.0406. The summed E-state index contributed by atoms with van der Waals surface area (Å²) in [5, 5.41) is 49.2. The monoisotopic (exact) mass is 586 g/mol. The Labute approximate surface area is 249 Å². The first-order valence-electron chi connectivity index (χ1n) is 16.5. The Hall–Kier alpha value is -1.19. The highest BCUT2D eigenvalue weighted by Crippen LogP contribution is 2.15. The molecule has 0 aliphatic rings. The van der Waals surface area contributed by atoms with Gasteiger partial charge in [-0.25, -0.2) is 0 Å². The van der Waals surface area contributed by atoms with Gasteiger partial charge in [-0.1, -0.05) is 64.7 Å². The predicted octanol–water partition coefficient (Wildman–Crippen LogP) is 5.51. The summed E-state index contributed by atoms with van der Waals surface area (Å²) in [5.74, 6) is 0.186. The molecule has 0 unspecified atom stereocenters. The van der Waals surface area contributed by atoms with Crippen LogP contribution < -0.4 is 0 Å². The lowest BCUT2D eigenvalue weighted by Gasteiger charge is -2.12. The van der Waals surface area contributed by atoms with Crippen LogP contribution in [0, 0.1) is 0 Å². The summed E-state index contributed by atoms with van der Waals surface area (Å²) < 4.78 is 0. The van der Waals surface area contributed by atoms with Crippen LogP contribution >= 0.6 is 0 Å². The molecule has 5 N–H and O–H groups in total. The standard InChI is InChI=1S/C33H62O8/c1-3-4-8-15-28(36)23-29(37)18-11-6-12-19-32(40)25-33(41)21-14-7-13-20-31(39)24-30(38)17-10-5-9-16-27(35)22-26(2)34/h26-28,31-32,34-36,39-40H,3-25H2,1-2H3/t26-,27+,28+,31-,32+/m0/s1. The zero-order chi connectivity index (χ0) is 30.9. The van der Waals surface area contributed by atoms with Gasteiger partial charge in [-0.3, -0.25) is 14.4 Å². The van der Waals surface area contributed by atoms with Crippen LogP contribution in [0.25, 0.3) is 0 Å². The number of rotatable bonds is 30. The quantitative estimate of drug-likeness (QED) is 0.0691. The molecular formula is C33H62O8. The van der Waals surface area contributed by atoms with Crippen molar-refractivity contribution in [2.24, 2.45) is 0 Å². The zero-order valence-electron chi connectivity index (χ0n) is 26.1. The van der Waals surface area contributed by atoms with Gasteiger partial charge >= 0.3 is 0 Å². The van der Waals surface area contributed by atoms with Gasteiger partial charge in [-0.2, -0.15) is 0 Å². The van der Waals surface area contributed by atoms with Gasteiger partial charge in [0.15, 0.2) is 0 Å². The second-order valence-corrected chi connectivity index (χ2v) is 12.2. The van der Waals surface area contributed by atoms with E-state index in [2.05, 4.69) is 6.92 Å². The summed E-state index contributed by atoms with van der Waals surface area (Å²) in [6.45, 7) is 3.76. The van der Waals surface area contributed by atoms with Crippen molar-refractivity contribution in [1.29, 1.82) is 0 Å². The SMILES string of the molecule is CCCCC[C@@H](O)CC(=O)CCCCC[C@@H](O)CC(=O)CCCCC[C@H](O)CC(=O)CCCCC[C@@H](O)C[C@H](C)O. The van der Waals surface area contributed by atoms with Crippen molar-refractivity contribution in [3.63, 3.8) is 0 Å². The lowest BCUT2D eigenvalue weighted by molar-refractivity contribution is -0.122. The van der Waals surface area contributed by atoms with Gasteiger partial charge in [0.25, 0.3) is 0 Å². The lowest BCUT2D eigenvalue weighted by atomic mass is 9.99. The molecule has 8 nitrogen and oxygen atoms in total. The maximum Gasteiger partial charge on any atom is 0.135 e. The average molecular weight is 587 g/mol. The fraction of sp³-hybridized carbons (Fsp3) is 0.909. The second kappa shape index (κ2) is 26.4. The number of carbonyl (C=O) groups excluding carboxylic acids is 3. The molecule has 0 aliphatic carbocycles. The Kier molecular flexibility index (Phi) is 25.7. The maximum atomic E-state index is 12.2. The van der Waals surface area contributed by atoms with Gasteiger partial charge in [-0.05, 0) is 58.3 Å². The van der Waals surface area contributed by atoms with Gasteiger partial charge in [-0.15, -0.1) is 0 Å². The van der Waals surface area contributed by atoms with Gasteiger partial charge in [0.2, 0.25) is 0 Å². The number of carbonyl (C=O) groups is 3. The minimum atomic E-state index is -0.654. The first-order chi connectivity index (χ1) is 19.5. The van der Waals surface area contributed by atoms with Crippen molar-refractivity contribution in [3.8, 4) is 0 Å². The Morgan fingerprint density at radius 3 is 1.10 bits per heavy atom. The molecule has 0 aromatic carbocycles. The van der Waals surface area contributed by atoms with Crippen molar-refractivity contribution < 1.29 is 39.9 Å². The van der Waals surface area contributed by atoms with Crippen LogP contribution in [0.5, 0.6) is 0 Å². The second-order valence-electron chi connectivity index (χ2n) is 12.2. The van der Waals surface area contributed by atoms with E-state index in [1.807, 2.05) is 0 Å². The minimum Gasteiger partial charge on any atom is -0.393 e. The van der Waals surface area contributed by atoms with Crippen molar-refractivity contribution in [3.05, 3.63) is 0 Å². The smallest absolute Gasteiger partial charge is 0.135 e. The Morgan fingerprint density at radius 2 is 0.780 bits per heavy atom. The molecule has 0 aromatic rings. The Balaban J connectivity index is 3.69. The summed E-state index contributed by atoms with van der Waals surface area (Å²) in [7, 11) is 0. The van der Waals surface area contributed by atoms with Crippen LogP contribution in [0.1, 0.15) is 162 Å². The number of ketones is 3. The summed E-state index contributed by atoms with van der Waals surface area (Å²) in [6, 6.07) is 0. The Bertz CT molecular complexity index is 666. The van der Waals surface area contributed by atoms with Gasteiger partial charge in [0, 0.05) is 38.5 Å². The summed E-state index contributed by atoms with van der Waals surface area (Å²) in [6.07, 6.45) is 11.9. The normalized spacial score (nSPS) is 15.3. The first-order valence-corrected chi connectivity index (χ1v) is 16.5. The topological polar surface area (TPSA) is 152 Å². The molecule has 0 aromatic heterocycles. The van der Waals surface area contributed by atoms with Crippen LogP contribution in [0.3, 0.4) is 0 Å². The molecule has 5 atom stereocenters. The van der Waals surface area contributed by atoms with Crippen LogP contribution in [-0.2, 0) is 14.4 Å². The number of aliphatic hydroxyl groups excluding tert-OH is 5. The maximum absolute atomic E-state index is 12.2. The van der Waals surface area contributed by atoms with E-state index in [1.165, 1.54) is 0 Å². The number of hydrogen-bond acceptors (Lipinski definition) is 8. The lowest BCUT2D eigenvalue weighted by Crippen LogP contribution is -2.15. The molecule has 0 heterocycles. The molecule has 8 heteroatoms. The van der Waals surface area contributed by atoms with Crippen molar-refractivity contribution in [1.82, 2.24) is 0 Å². The van der Waals surface area contributed by atoms with Crippen LogP contribution in [0.2, 0.25) is 0 Å². The third-order valence-electron chi connectivity index (χ3n) is 7.62. The molecule has 0 amide bonds. The van der Waals surface area contributed by atoms with E-state index in [1.54, 1.807) is 6.92 Å². The van der Waals surface area contributed by atoms with E-state index in [9.17, 15) is 39.9 Å². The molecular weight excluding hydrogens is 524 g/mol. The summed E-state index contributed by atoms with van der Waals surface area (Å²) in [5.41, 5.74) is 0. The van der Waals surface area contributed by atoms with Crippen molar-refractivity contribution in [2.75, 3.05) is 0 Å². The predicted molar refractivity (Wildman–Crippen MR) is 163 cm³/mol. The number of Topliss-reactive ketones (excluding diaryl/α,β-unsaturated/α-hetero) is 3. The van der Waals surface area contributed by atoms with Crippen molar-refractivity contribution >= 4 is 17.3 Å². The molecule has 0 rings (SSSR count). The first kappa shape index (κ1) is 39.8. The highest BCUT2D eigenvalue weighted by atomic mass is 16.3. The highest BCUT2D eigenvalue weighted by molar-refractivity contribution is 5.79. The third kappa shape index (κ3) is 27.4. The van der Waals surface area contributed by atoms with Gasteiger partial charge in [0.1, 0.15) is 17.3 Å². The van der Waals surface area contributed by atoms with E-state index in [0.717, 1.165) is 70.6 Å². The largest absolute Gasteiger partial charge is 0.393 e. The van der Waals surface area contributed by atoms with Crippen LogP contribution in [0.15, 0.2) is 0 Å². The molecule has 242 valence electrons. The number of aliphatic hydroxyl groups is 5. The average Bonchev–Trinajstić information content (AvgIpc) is 2.87. The van der Waals surface area contributed by atoms with Crippen LogP contribution in [0.4, 0.5) is 0 Å². The molecule has 0 fully saturated rings. The Morgan fingerprint density at radius 1 is 0.463 bits per heavy atom. The molecule has 0 saturated carbocycles. The van der Waals surface area contributed by atoms with E-state index >= 15 is 0 Å². The van der Waals surface area contributed by atoms with E-state index in [4.69, 9.17) is 0 Å². The summed E-state index contributed by atoms with van der Waals surface area (Å²) >= 11 is 0. The van der Waals surface area contributed by atoms with E-state index in [-0.39, 0.29) is 36.6 Å². The molecule has 0 bridgehead atoms. The van der Waals surface area contributed by atoms with Crippen LogP contribution in [-0.4, -0.2) is 73.4 Å².